The molecule has 4 fully saturated rings. The van der Waals surface area contributed by atoms with Crippen molar-refractivity contribution in [2.45, 2.75) is 31.3 Å². The van der Waals surface area contributed by atoms with Gasteiger partial charge < -0.3 is 9.80 Å². The molecule has 0 radical (unpaired) electrons. The van der Waals surface area contributed by atoms with E-state index in [-0.39, 0.29) is 0 Å². The Balaban J connectivity index is 1.25. The Bertz CT molecular complexity index is 349. The van der Waals surface area contributed by atoms with Gasteiger partial charge in [0.1, 0.15) is 0 Å². The fraction of sp³-hybridized carbons (Fsp3) is 1.00. The topological polar surface area (TPSA) is 13.0 Å². The van der Waals surface area contributed by atoms with E-state index in [9.17, 15) is 0 Å². The number of nitrogens with zero attached hydrogens (tertiary/aromatic N) is 4. The van der Waals surface area contributed by atoms with Gasteiger partial charge in [-0.25, -0.2) is 0 Å². The summed E-state index contributed by atoms with van der Waals surface area (Å²) in [6.07, 6.45) is 4.28. The highest BCUT2D eigenvalue weighted by Crippen LogP contribution is 2.42. The van der Waals surface area contributed by atoms with Crippen molar-refractivity contribution in [1.82, 2.24) is 19.6 Å². The second-order valence-electron chi connectivity index (χ2n) is 8.02. The third-order valence-corrected chi connectivity index (χ3v) is 6.40. The lowest BCUT2D eigenvalue weighted by atomic mass is 9.71. The second-order valence-corrected chi connectivity index (χ2v) is 8.02. The van der Waals surface area contributed by atoms with Gasteiger partial charge in [-0.2, -0.15) is 0 Å². The molecule has 0 saturated carbocycles. The zero-order chi connectivity index (χ0) is 13.7. The quantitative estimate of drug-likeness (QED) is 0.725. The van der Waals surface area contributed by atoms with E-state index in [2.05, 4.69) is 33.7 Å². The molecule has 4 heterocycles. The maximum absolute atomic E-state index is 2.80. The van der Waals surface area contributed by atoms with Crippen molar-refractivity contribution in [1.29, 1.82) is 0 Å². The Hall–Kier alpha value is -0.160. The molecule has 0 aliphatic carbocycles. The minimum atomic E-state index is 0.705. The summed E-state index contributed by atoms with van der Waals surface area (Å²) in [6.45, 7) is 10.7. The fourth-order valence-corrected chi connectivity index (χ4v) is 4.78. The molecule has 1 unspecified atom stereocenters. The first-order chi connectivity index (χ1) is 9.63. The molecule has 0 bridgehead atoms. The first-order valence-corrected chi connectivity index (χ1v) is 8.49. The molecule has 20 heavy (non-hydrogen) atoms. The average Bonchev–Trinajstić information content (AvgIpc) is 2.82. The van der Waals surface area contributed by atoms with E-state index in [0.29, 0.717) is 5.41 Å². The molecule has 1 atom stereocenters. The summed E-state index contributed by atoms with van der Waals surface area (Å²) in [6, 6.07) is 1.73. The molecule has 0 aromatic heterocycles. The van der Waals surface area contributed by atoms with Crippen molar-refractivity contribution < 1.29 is 0 Å². The molecule has 4 saturated heterocycles. The van der Waals surface area contributed by atoms with Crippen molar-refractivity contribution in [3.8, 4) is 0 Å². The van der Waals surface area contributed by atoms with E-state index in [1.807, 2.05) is 0 Å². The molecule has 0 aromatic rings. The van der Waals surface area contributed by atoms with Crippen LogP contribution < -0.4 is 0 Å². The highest BCUT2D eigenvalue weighted by atomic mass is 15.4. The summed E-state index contributed by atoms with van der Waals surface area (Å²) in [4.78, 5) is 10.5. The maximum Gasteiger partial charge on any atom is 0.0350 e. The lowest BCUT2D eigenvalue weighted by molar-refractivity contribution is -0.0654. The average molecular weight is 278 g/mol. The van der Waals surface area contributed by atoms with E-state index < -0.39 is 0 Å². The number of hydrogen-bond donors (Lipinski definition) is 0. The van der Waals surface area contributed by atoms with E-state index >= 15 is 0 Å². The molecule has 0 amide bonds. The molecule has 4 aliphatic rings. The van der Waals surface area contributed by atoms with Crippen LogP contribution in [0.2, 0.25) is 0 Å². The van der Waals surface area contributed by atoms with Gasteiger partial charge in [-0.15, -0.1) is 0 Å². The van der Waals surface area contributed by atoms with Crippen molar-refractivity contribution in [2.24, 2.45) is 5.41 Å². The lowest BCUT2D eigenvalue weighted by Crippen LogP contribution is -2.63. The summed E-state index contributed by atoms with van der Waals surface area (Å²) < 4.78 is 0. The molecule has 4 nitrogen and oxygen atoms in total. The van der Waals surface area contributed by atoms with Gasteiger partial charge in [-0.3, -0.25) is 9.80 Å². The van der Waals surface area contributed by atoms with Crippen LogP contribution in [0.3, 0.4) is 0 Å². The van der Waals surface area contributed by atoms with Crippen molar-refractivity contribution in [2.75, 3.05) is 66.5 Å². The summed E-state index contributed by atoms with van der Waals surface area (Å²) >= 11 is 0. The zero-order valence-corrected chi connectivity index (χ0v) is 13.2. The normalized spacial score (nSPS) is 37.2. The van der Waals surface area contributed by atoms with E-state index in [0.717, 1.165) is 12.1 Å². The molecular formula is C16H30N4. The van der Waals surface area contributed by atoms with Crippen LogP contribution in [0.5, 0.6) is 0 Å². The van der Waals surface area contributed by atoms with Crippen molar-refractivity contribution in [3.05, 3.63) is 0 Å². The van der Waals surface area contributed by atoms with Gasteiger partial charge in [0.2, 0.25) is 0 Å². The van der Waals surface area contributed by atoms with E-state index in [1.54, 1.807) is 0 Å². The molecule has 4 rings (SSSR count). The van der Waals surface area contributed by atoms with E-state index in [4.69, 9.17) is 0 Å². The molecular weight excluding hydrogens is 248 g/mol. The molecule has 0 aromatic carbocycles. The summed E-state index contributed by atoms with van der Waals surface area (Å²) in [5.41, 5.74) is 0.705. The Labute approximate surface area is 123 Å². The fourth-order valence-electron chi connectivity index (χ4n) is 4.78. The van der Waals surface area contributed by atoms with Crippen LogP contribution in [0.15, 0.2) is 0 Å². The molecule has 1 spiro atoms. The first-order valence-electron chi connectivity index (χ1n) is 8.49. The third kappa shape index (κ3) is 2.31. The number of likely N-dealkylation sites (N-methyl/N-ethyl adjacent to an activating group) is 1. The Kier molecular flexibility index (Phi) is 3.33. The molecule has 114 valence electrons. The van der Waals surface area contributed by atoms with Crippen LogP contribution in [-0.2, 0) is 0 Å². The monoisotopic (exact) mass is 278 g/mol. The van der Waals surface area contributed by atoms with Crippen molar-refractivity contribution >= 4 is 0 Å². The van der Waals surface area contributed by atoms with Gasteiger partial charge in [0, 0.05) is 51.4 Å². The van der Waals surface area contributed by atoms with Crippen LogP contribution in [-0.4, -0.2) is 98.1 Å². The molecule has 0 N–H and O–H groups in total. The van der Waals surface area contributed by atoms with Gasteiger partial charge in [0.15, 0.2) is 0 Å². The predicted molar refractivity (Wildman–Crippen MR) is 82.0 cm³/mol. The summed E-state index contributed by atoms with van der Waals surface area (Å²) in [5.74, 6) is 0. The summed E-state index contributed by atoms with van der Waals surface area (Å²) in [5, 5.41) is 0. The lowest BCUT2D eigenvalue weighted by Gasteiger charge is -2.56. The Morgan fingerprint density at radius 1 is 0.750 bits per heavy atom. The summed E-state index contributed by atoms with van der Waals surface area (Å²) in [7, 11) is 4.51. The van der Waals surface area contributed by atoms with Crippen molar-refractivity contribution in [3.63, 3.8) is 0 Å². The van der Waals surface area contributed by atoms with Crippen LogP contribution in [0.25, 0.3) is 0 Å². The number of rotatable bonds is 2. The van der Waals surface area contributed by atoms with Crippen LogP contribution in [0.1, 0.15) is 19.3 Å². The predicted octanol–water partition coefficient (Wildman–Crippen LogP) is 0.402. The largest absolute Gasteiger partial charge is 0.306 e. The van der Waals surface area contributed by atoms with Gasteiger partial charge in [-0.05, 0) is 51.9 Å². The number of piperidine rings is 1. The SMILES string of the molecule is CN1CCC2(CC1)CN(C1CCN(C3CN(C)C3)C1)C2. The van der Waals surface area contributed by atoms with Crippen LogP contribution in [0, 0.1) is 5.41 Å². The second kappa shape index (κ2) is 4.94. The van der Waals surface area contributed by atoms with Gasteiger partial charge >= 0.3 is 0 Å². The van der Waals surface area contributed by atoms with E-state index in [1.165, 1.54) is 71.6 Å². The number of hydrogen-bond acceptors (Lipinski definition) is 4. The zero-order valence-electron chi connectivity index (χ0n) is 13.2. The van der Waals surface area contributed by atoms with Crippen LogP contribution >= 0.6 is 0 Å². The van der Waals surface area contributed by atoms with Gasteiger partial charge in [0.05, 0.1) is 0 Å². The smallest absolute Gasteiger partial charge is 0.0350 e. The van der Waals surface area contributed by atoms with Gasteiger partial charge in [0.25, 0.3) is 0 Å². The minimum Gasteiger partial charge on any atom is -0.306 e. The molecule has 4 heteroatoms. The molecule has 4 aliphatic heterocycles. The van der Waals surface area contributed by atoms with Crippen LogP contribution in [0.4, 0.5) is 0 Å². The number of likely N-dealkylation sites (tertiary alicyclic amines) is 4. The highest BCUT2D eigenvalue weighted by molar-refractivity contribution is 5.02. The standard InChI is InChI=1S/C16H30N4/c1-17-7-4-16(5-8-17)12-20(13-16)14-3-6-19(11-14)15-9-18(2)10-15/h14-15H,3-13H2,1-2H3. The van der Waals surface area contributed by atoms with Gasteiger partial charge in [-0.1, -0.05) is 0 Å². The minimum absolute atomic E-state index is 0.705. The maximum atomic E-state index is 2.80. The Morgan fingerprint density at radius 3 is 2.10 bits per heavy atom. The Morgan fingerprint density at radius 2 is 1.45 bits per heavy atom. The first kappa shape index (κ1) is 13.5. The third-order valence-electron chi connectivity index (χ3n) is 6.40. The highest BCUT2D eigenvalue weighted by Gasteiger charge is 2.48.